The van der Waals surface area contributed by atoms with Gasteiger partial charge in [0.1, 0.15) is 0 Å². The lowest BCUT2D eigenvalue weighted by molar-refractivity contribution is -0.120. The van der Waals surface area contributed by atoms with Crippen LogP contribution in [0.25, 0.3) is 0 Å². The van der Waals surface area contributed by atoms with Gasteiger partial charge in [-0.1, -0.05) is 30.3 Å². The summed E-state index contributed by atoms with van der Waals surface area (Å²) in [6, 6.07) is 10.4. The zero-order chi connectivity index (χ0) is 11.9. The normalized spacial score (nSPS) is 20.9. The summed E-state index contributed by atoms with van der Waals surface area (Å²) in [5, 5.41) is 14.1. The first-order chi connectivity index (χ1) is 8.36. The summed E-state index contributed by atoms with van der Waals surface area (Å²) in [5.74, 6) is 0. The molecule has 2 rings (SSSR count). The van der Waals surface area contributed by atoms with Gasteiger partial charge in [0, 0.05) is 13.1 Å². The first-order valence-corrected chi connectivity index (χ1v) is 6.14. The van der Waals surface area contributed by atoms with Crippen LogP contribution >= 0.6 is 0 Å². The number of hydroxylamine groups is 2. The number of hydrogen-bond acceptors (Lipinski definition) is 4. The summed E-state index contributed by atoms with van der Waals surface area (Å²) in [6.45, 7) is 2.71. The zero-order valence-electron chi connectivity index (χ0n) is 10.0. The molecule has 1 aliphatic heterocycles. The fourth-order valence-corrected chi connectivity index (χ4v) is 2.05. The standard InChI is InChI=1S/C13H20N2O2/c16-15-8-4-7-13(15)10-17-11-14-9-12-5-2-1-3-6-12/h1-3,5-6,13-14,16H,4,7-11H2/t13-/m0/s1. The lowest BCUT2D eigenvalue weighted by Crippen LogP contribution is -2.31. The number of benzene rings is 1. The monoisotopic (exact) mass is 236 g/mol. The van der Waals surface area contributed by atoms with Crippen LogP contribution in [0, 0.1) is 0 Å². The van der Waals surface area contributed by atoms with Crippen LogP contribution in [0.1, 0.15) is 18.4 Å². The third-order valence-electron chi connectivity index (χ3n) is 3.03. The minimum absolute atomic E-state index is 0.175. The van der Waals surface area contributed by atoms with Crippen molar-refractivity contribution in [1.82, 2.24) is 10.4 Å². The molecule has 1 atom stereocenters. The van der Waals surface area contributed by atoms with Gasteiger partial charge in [-0.2, -0.15) is 5.06 Å². The van der Waals surface area contributed by atoms with Crippen LogP contribution in [0.3, 0.4) is 0 Å². The average Bonchev–Trinajstić information content (AvgIpc) is 2.76. The number of rotatable bonds is 6. The Morgan fingerprint density at radius 1 is 1.35 bits per heavy atom. The molecule has 1 saturated heterocycles. The molecule has 0 aromatic heterocycles. The highest BCUT2D eigenvalue weighted by atomic mass is 16.5. The van der Waals surface area contributed by atoms with E-state index in [0.29, 0.717) is 13.3 Å². The van der Waals surface area contributed by atoms with E-state index in [1.165, 1.54) is 10.6 Å². The molecule has 0 saturated carbocycles. The fraction of sp³-hybridized carbons (Fsp3) is 0.538. The number of ether oxygens (including phenoxy) is 1. The van der Waals surface area contributed by atoms with Crippen molar-refractivity contribution in [2.24, 2.45) is 0 Å². The summed E-state index contributed by atoms with van der Waals surface area (Å²) in [4.78, 5) is 0. The van der Waals surface area contributed by atoms with Gasteiger partial charge < -0.3 is 9.94 Å². The number of hydrogen-bond donors (Lipinski definition) is 2. The van der Waals surface area contributed by atoms with Crippen molar-refractivity contribution < 1.29 is 9.94 Å². The molecular weight excluding hydrogens is 216 g/mol. The van der Waals surface area contributed by atoms with E-state index in [1.807, 2.05) is 18.2 Å². The molecular formula is C13H20N2O2. The molecule has 0 bridgehead atoms. The first-order valence-electron chi connectivity index (χ1n) is 6.14. The maximum Gasteiger partial charge on any atom is 0.0968 e. The van der Waals surface area contributed by atoms with Crippen molar-refractivity contribution in [3.63, 3.8) is 0 Å². The zero-order valence-corrected chi connectivity index (χ0v) is 10.0. The topological polar surface area (TPSA) is 44.7 Å². The van der Waals surface area contributed by atoms with Crippen LogP contribution < -0.4 is 5.32 Å². The second-order valence-electron chi connectivity index (χ2n) is 4.39. The largest absolute Gasteiger partial charge is 0.365 e. The molecule has 1 aliphatic rings. The number of nitrogens with one attached hydrogen (secondary N) is 1. The molecule has 0 aliphatic carbocycles. The lowest BCUT2D eigenvalue weighted by Gasteiger charge is -2.17. The maximum absolute atomic E-state index is 9.46. The van der Waals surface area contributed by atoms with E-state index in [2.05, 4.69) is 17.4 Å². The molecule has 1 aromatic rings. The van der Waals surface area contributed by atoms with E-state index in [-0.39, 0.29) is 6.04 Å². The molecule has 0 unspecified atom stereocenters. The van der Waals surface area contributed by atoms with Crippen LogP contribution in [0.5, 0.6) is 0 Å². The quantitative estimate of drug-likeness (QED) is 0.582. The smallest absolute Gasteiger partial charge is 0.0968 e. The molecule has 0 spiro atoms. The number of nitrogens with zero attached hydrogens (tertiary/aromatic N) is 1. The lowest BCUT2D eigenvalue weighted by atomic mass is 10.2. The minimum Gasteiger partial charge on any atom is -0.365 e. The molecule has 0 amide bonds. The third-order valence-corrected chi connectivity index (χ3v) is 3.03. The predicted molar refractivity (Wildman–Crippen MR) is 65.6 cm³/mol. The average molecular weight is 236 g/mol. The predicted octanol–water partition coefficient (Wildman–Crippen LogP) is 1.60. The van der Waals surface area contributed by atoms with Gasteiger partial charge in [0.25, 0.3) is 0 Å². The molecule has 1 heterocycles. The Hall–Kier alpha value is -0.940. The van der Waals surface area contributed by atoms with Crippen molar-refractivity contribution in [2.75, 3.05) is 19.9 Å². The van der Waals surface area contributed by atoms with Gasteiger partial charge in [-0.3, -0.25) is 5.32 Å². The summed E-state index contributed by atoms with van der Waals surface area (Å²) >= 11 is 0. The van der Waals surface area contributed by atoms with Crippen LogP contribution in [-0.4, -0.2) is 36.2 Å². The molecule has 4 nitrogen and oxygen atoms in total. The molecule has 2 N–H and O–H groups in total. The second kappa shape index (κ2) is 6.71. The van der Waals surface area contributed by atoms with Gasteiger partial charge in [0.2, 0.25) is 0 Å². The van der Waals surface area contributed by atoms with E-state index >= 15 is 0 Å². The van der Waals surface area contributed by atoms with E-state index in [1.54, 1.807) is 0 Å². The van der Waals surface area contributed by atoms with Gasteiger partial charge in [0.15, 0.2) is 0 Å². The van der Waals surface area contributed by atoms with Crippen molar-refractivity contribution >= 4 is 0 Å². The van der Waals surface area contributed by atoms with Crippen molar-refractivity contribution in [1.29, 1.82) is 0 Å². The van der Waals surface area contributed by atoms with Crippen molar-refractivity contribution in [3.8, 4) is 0 Å². The SMILES string of the molecule is ON1CCC[C@H]1COCNCc1ccccc1. The Kier molecular flexibility index (Phi) is 4.94. The second-order valence-corrected chi connectivity index (χ2v) is 4.39. The Morgan fingerprint density at radius 2 is 2.18 bits per heavy atom. The van der Waals surface area contributed by atoms with Crippen LogP contribution in [0.2, 0.25) is 0 Å². The van der Waals surface area contributed by atoms with Gasteiger partial charge in [-0.25, -0.2) is 0 Å². The molecule has 0 radical (unpaired) electrons. The van der Waals surface area contributed by atoms with Crippen LogP contribution in [0.15, 0.2) is 30.3 Å². The summed E-state index contributed by atoms with van der Waals surface area (Å²) in [5.41, 5.74) is 1.25. The van der Waals surface area contributed by atoms with E-state index in [4.69, 9.17) is 4.74 Å². The Morgan fingerprint density at radius 3 is 2.88 bits per heavy atom. The van der Waals surface area contributed by atoms with Gasteiger partial charge in [-0.15, -0.1) is 0 Å². The summed E-state index contributed by atoms with van der Waals surface area (Å²) < 4.78 is 5.50. The summed E-state index contributed by atoms with van der Waals surface area (Å²) in [7, 11) is 0. The van der Waals surface area contributed by atoms with Gasteiger partial charge >= 0.3 is 0 Å². The van der Waals surface area contributed by atoms with Gasteiger partial charge in [-0.05, 0) is 18.4 Å². The van der Waals surface area contributed by atoms with E-state index in [9.17, 15) is 5.21 Å². The fourth-order valence-electron chi connectivity index (χ4n) is 2.05. The summed E-state index contributed by atoms with van der Waals surface area (Å²) in [6.07, 6.45) is 2.08. The highest BCUT2D eigenvalue weighted by Gasteiger charge is 2.22. The van der Waals surface area contributed by atoms with Crippen molar-refractivity contribution in [3.05, 3.63) is 35.9 Å². The Balaban J connectivity index is 1.55. The third kappa shape index (κ3) is 4.09. The van der Waals surface area contributed by atoms with Crippen molar-refractivity contribution in [2.45, 2.75) is 25.4 Å². The molecule has 94 valence electrons. The van der Waals surface area contributed by atoms with E-state index < -0.39 is 0 Å². The minimum atomic E-state index is 0.175. The highest BCUT2D eigenvalue weighted by molar-refractivity contribution is 5.14. The Labute approximate surface area is 102 Å². The van der Waals surface area contributed by atoms with Crippen LogP contribution in [0.4, 0.5) is 0 Å². The molecule has 1 fully saturated rings. The van der Waals surface area contributed by atoms with E-state index in [0.717, 1.165) is 25.9 Å². The molecule has 4 heteroatoms. The molecule has 1 aromatic carbocycles. The first kappa shape index (κ1) is 12.5. The maximum atomic E-state index is 9.46. The highest BCUT2D eigenvalue weighted by Crippen LogP contribution is 2.14. The Bertz CT molecular complexity index is 318. The molecule has 17 heavy (non-hydrogen) atoms. The van der Waals surface area contributed by atoms with Gasteiger partial charge in [0.05, 0.1) is 19.4 Å². The van der Waals surface area contributed by atoms with Crippen LogP contribution in [-0.2, 0) is 11.3 Å².